The van der Waals surface area contributed by atoms with Gasteiger partial charge in [0.2, 0.25) is 0 Å². The van der Waals surface area contributed by atoms with E-state index in [9.17, 15) is 14.0 Å². The van der Waals surface area contributed by atoms with Gasteiger partial charge in [0.25, 0.3) is 0 Å². The van der Waals surface area contributed by atoms with Crippen molar-refractivity contribution in [2.45, 2.75) is 32.8 Å². The summed E-state index contributed by atoms with van der Waals surface area (Å²) >= 11 is 0. The Hall–Kier alpha value is -2.35. The molecule has 1 aliphatic heterocycles. The van der Waals surface area contributed by atoms with Crippen LogP contribution in [0.2, 0.25) is 0 Å². The zero-order chi connectivity index (χ0) is 19.3. The van der Waals surface area contributed by atoms with Crippen molar-refractivity contribution >= 4 is 23.4 Å². The molecule has 1 aromatic rings. The lowest BCUT2D eigenvalue weighted by Crippen LogP contribution is -2.38. The first kappa shape index (κ1) is 20.0. The minimum absolute atomic E-state index is 0.111. The number of amides is 1. The molecule has 0 aliphatic carbocycles. The van der Waals surface area contributed by atoms with Crippen LogP contribution in [0.25, 0.3) is 0 Å². The van der Waals surface area contributed by atoms with Crippen molar-refractivity contribution in [1.82, 2.24) is 0 Å². The summed E-state index contributed by atoms with van der Waals surface area (Å²) in [6, 6.07) is 4.42. The maximum Gasteiger partial charge on any atom is 0.414 e. The summed E-state index contributed by atoms with van der Waals surface area (Å²) in [5.74, 6) is -1.53. The van der Waals surface area contributed by atoms with E-state index in [1.807, 2.05) is 4.90 Å². The van der Waals surface area contributed by atoms with E-state index in [-0.39, 0.29) is 18.7 Å². The first-order chi connectivity index (χ1) is 12.2. The zero-order valence-electron chi connectivity index (χ0n) is 15.3. The second kappa shape index (κ2) is 8.35. The predicted molar refractivity (Wildman–Crippen MR) is 95.3 cm³/mol. The molecule has 1 N–H and O–H groups in total. The Kier molecular flexibility index (Phi) is 6.42. The highest BCUT2D eigenvalue weighted by Crippen LogP contribution is 2.27. The first-order valence-corrected chi connectivity index (χ1v) is 8.52. The van der Waals surface area contributed by atoms with Gasteiger partial charge in [0, 0.05) is 19.6 Å². The van der Waals surface area contributed by atoms with E-state index < -0.39 is 23.5 Å². The number of halogens is 1. The molecule has 0 spiro atoms. The quantitative estimate of drug-likeness (QED) is 0.861. The van der Waals surface area contributed by atoms with Gasteiger partial charge >= 0.3 is 12.1 Å². The molecule has 26 heavy (non-hydrogen) atoms. The summed E-state index contributed by atoms with van der Waals surface area (Å²) in [6.45, 7) is 7.26. The number of hydrogen-bond acceptors (Lipinski definition) is 5. The fourth-order valence-corrected chi connectivity index (χ4v) is 2.57. The minimum atomic E-state index is -1.05. The fraction of sp³-hybridized carbons (Fsp3) is 0.556. The molecule has 1 aromatic carbocycles. The second-order valence-electron chi connectivity index (χ2n) is 7.01. The molecule has 0 aromatic heterocycles. The van der Waals surface area contributed by atoms with Crippen LogP contribution < -0.4 is 9.80 Å². The number of ether oxygens (including phenoxy) is 2. The van der Waals surface area contributed by atoms with Crippen molar-refractivity contribution in [3.63, 3.8) is 0 Å². The second-order valence-corrected chi connectivity index (χ2v) is 7.01. The monoisotopic (exact) mass is 368 g/mol. The SMILES string of the molecule is CC(C)(C)OC(=O)N(CCC(=O)O)c1ccc(N2CCOCC2)c(F)c1. The molecule has 0 atom stereocenters. The molecule has 1 fully saturated rings. The Labute approximate surface area is 152 Å². The van der Waals surface area contributed by atoms with Crippen molar-refractivity contribution in [1.29, 1.82) is 0 Å². The third-order valence-corrected chi connectivity index (χ3v) is 3.76. The topological polar surface area (TPSA) is 79.3 Å². The average Bonchev–Trinajstić information content (AvgIpc) is 2.54. The molecule has 2 rings (SSSR count). The summed E-state index contributed by atoms with van der Waals surface area (Å²) in [7, 11) is 0. The summed E-state index contributed by atoms with van der Waals surface area (Å²) in [6.07, 6.45) is -0.983. The number of benzene rings is 1. The van der Waals surface area contributed by atoms with Gasteiger partial charge in [0.1, 0.15) is 11.4 Å². The Morgan fingerprint density at radius 1 is 1.31 bits per heavy atom. The average molecular weight is 368 g/mol. The van der Waals surface area contributed by atoms with Crippen molar-refractivity contribution in [3.8, 4) is 0 Å². The van der Waals surface area contributed by atoms with Crippen LogP contribution >= 0.6 is 0 Å². The van der Waals surface area contributed by atoms with Gasteiger partial charge in [-0.05, 0) is 39.0 Å². The molecule has 0 saturated carbocycles. The molecule has 0 bridgehead atoms. The molecule has 0 unspecified atom stereocenters. The molecule has 1 aliphatic rings. The van der Waals surface area contributed by atoms with E-state index in [2.05, 4.69) is 0 Å². The van der Waals surface area contributed by atoms with Crippen molar-refractivity contribution < 1.29 is 28.6 Å². The number of morpholine rings is 1. The van der Waals surface area contributed by atoms with E-state index in [0.29, 0.717) is 32.0 Å². The van der Waals surface area contributed by atoms with Crippen LogP contribution in [-0.2, 0) is 14.3 Å². The number of aliphatic carboxylic acids is 1. The molecule has 144 valence electrons. The van der Waals surface area contributed by atoms with Gasteiger partial charge in [-0.1, -0.05) is 0 Å². The van der Waals surface area contributed by atoms with Crippen LogP contribution in [-0.4, -0.2) is 55.6 Å². The molecule has 1 saturated heterocycles. The molecule has 1 amide bonds. The van der Waals surface area contributed by atoms with Crippen LogP contribution in [0.5, 0.6) is 0 Å². The highest BCUT2D eigenvalue weighted by molar-refractivity contribution is 5.89. The smallest absolute Gasteiger partial charge is 0.414 e. The normalized spacial score (nSPS) is 14.8. The third kappa shape index (κ3) is 5.59. The van der Waals surface area contributed by atoms with Crippen molar-refractivity contribution in [2.75, 3.05) is 42.6 Å². The van der Waals surface area contributed by atoms with Gasteiger partial charge in [0.15, 0.2) is 0 Å². The van der Waals surface area contributed by atoms with Crippen LogP contribution in [0.4, 0.5) is 20.6 Å². The maximum absolute atomic E-state index is 14.6. The van der Waals surface area contributed by atoms with E-state index in [0.717, 1.165) is 4.90 Å². The Morgan fingerprint density at radius 2 is 1.96 bits per heavy atom. The number of hydrogen-bond donors (Lipinski definition) is 1. The number of carboxylic acid groups (broad SMARTS) is 1. The van der Waals surface area contributed by atoms with Gasteiger partial charge in [-0.15, -0.1) is 0 Å². The molecular formula is C18H25FN2O5. The third-order valence-electron chi connectivity index (χ3n) is 3.76. The first-order valence-electron chi connectivity index (χ1n) is 8.52. The molecule has 7 nitrogen and oxygen atoms in total. The number of rotatable bonds is 5. The Bertz CT molecular complexity index is 653. The van der Waals surface area contributed by atoms with Crippen LogP contribution in [0.1, 0.15) is 27.2 Å². The van der Waals surface area contributed by atoms with Crippen LogP contribution in [0, 0.1) is 5.82 Å². The number of nitrogens with zero attached hydrogens (tertiary/aromatic N) is 2. The largest absolute Gasteiger partial charge is 0.481 e. The number of carboxylic acids is 1. The van der Waals surface area contributed by atoms with Crippen molar-refractivity contribution in [3.05, 3.63) is 24.0 Å². The summed E-state index contributed by atoms with van der Waals surface area (Å²) in [4.78, 5) is 26.3. The van der Waals surface area contributed by atoms with Gasteiger partial charge in [-0.25, -0.2) is 9.18 Å². The lowest BCUT2D eigenvalue weighted by Gasteiger charge is -2.30. The highest BCUT2D eigenvalue weighted by atomic mass is 19.1. The lowest BCUT2D eigenvalue weighted by molar-refractivity contribution is -0.136. The van der Waals surface area contributed by atoms with E-state index >= 15 is 0 Å². The molecular weight excluding hydrogens is 343 g/mol. The van der Waals surface area contributed by atoms with Gasteiger partial charge < -0.3 is 19.5 Å². The molecule has 1 heterocycles. The van der Waals surface area contributed by atoms with E-state index in [1.165, 1.54) is 6.07 Å². The van der Waals surface area contributed by atoms with Gasteiger partial charge in [-0.3, -0.25) is 9.69 Å². The molecule has 0 radical (unpaired) electrons. The summed E-state index contributed by atoms with van der Waals surface area (Å²) in [5.41, 5.74) is -0.0559. The summed E-state index contributed by atoms with van der Waals surface area (Å²) < 4.78 is 25.2. The fourth-order valence-electron chi connectivity index (χ4n) is 2.57. The predicted octanol–water partition coefficient (Wildman–Crippen LogP) is 2.88. The van der Waals surface area contributed by atoms with Gasteiger partial charge in [-0.2, -0.15) is 0 Å². The van der Waals surface area contributed by atoms with E-state index in [4.69, 9.17) is 14.6 Å². The van der Waals surface area contributed by atoms with Gasteiger partial charge in [0.05, 0.1) is 31.0 Å². The lowest BCUT2D eigenvalue weighted by atomic mass is 10.2. The number of carbonyl (C=O) groups is 2. The number of carbonyl (C=O) groups excluding carboxylic acids is 1. The highest BCUT2D eigenvalue weighted by Gasteiger charge is 2.25. The van der Waals surface area contributed by atoms with Crippen LogP contribution in [0.3, 0.4) is 0 Å². The summed E-state index contributed by atoms with van der Waals surface area (Å²) in [5, 5.41) is 8.92. The van der Waals surface area contributed by atoms with Crippen LogP contribution in [0.15, 0.2) is 18.2 Å². The zero-order valence-corrected chi connectivity index (χ0v) is 15.3. The Balaban J connectivity index is 2.24. The van der Waals surface area contributed by atoms with E-state index in [1.54, 1.807) is 32.9 Å². The Morgan fingerprint density at radius 3 is 2.50 bits per heavy atom. The number of anilines is 2. The maximum atomic E-state index is 14.6. The minimum Gasteiger partial charge on any atom is -0.481 e. The molecule has 8 heteroatoms. The standard InChI is InChI=1S/C18H25FN2O5/c1-18(2,3)26-17(24)21(7-6-16(22)23)13-4-5-15(14(19)12-13)20-8-10-25-11-9-20/h4-5,12H,6-11H2,1-3H3,(H,22,23). The van der Waals surface area contributed by atoms with Crippen molar-refractivity contribution in [2.24, 2.45) is 0 Å².